The zero-order valence-electron chi connectivity index (χ0n) is 12.6. The first kappa shape index (κ1) is 16.9. The molecular weight excluding hydrogens is 277 g/mol. The summed E-state index contributed by atoms with van der Waals surface area (Å²) in [6.45, 7) is 7.27. The largest absolute Gasteiger partial charge is 0.442 e. The van der Waals surface area contributed by atoms with Gasteiger partial charge in [0.2, 0.25) is 0 Å². The van der Waals surface area contributed by atoms with Crippen molar-refractivity contribution in [1.29, 1.82) is 0 Å². The Morgan fingerprint density at radius 3 is 2.62 bits per heavy atom. The second kappa shape index (κ2) is 7.01. The second-order valence-electron chi connectivity index (χ2n) is 5.43. The van der Waals surface area contributed by atoms with Crippen molar-refractivity contribution in [2.45, 2.75) is 39.7 Å². The number of amides is 2. The molecule has 1 rings (SSSR count). The normalized spacial score (nSPS) is 10.9. The lowest BCUT2D eigenvalue weighted by atomic mass is 10.2. The van der Waals surface area contributed by atoms with E-state index in [1.54, 1.807) is 20.8 Å². The number of hydrazine groups is 1. The Balaban J connectivity index is 2.81. The van der Waals surface area contributed by atoms with Gasteiger partial charge in [-0.1, -0.05) is 6.92 Å². The summed E-state index contributed by atoms with van der Waals surface area (Å²) >= 11 is 0. The SMILES string of the molecule is CCCN(NC(=O)c1ccncc1F)C(=O)OC(C)(C)C. The van der Waals surface area contributed by atoms with Gasteiger partial charge in [0.05, 0.1) is 11.8 Å². The zero-order valence-corrected chi connectivity index (χ0v) is 12.6. The predicted octanol–water partition coefficient (Wildman–Crippen LogP) is 2.51. The van der Waals surface area contributed by atoms with Gasteiger partial charge in [-0.25, -0.2) is 14.2 Å². The fourth-order valence-electron chi connectivity index (χ4n) is 1.48. The van der Waals surface area contributed by atoms with Gasteiger partial charge in [-0.2, -0.15) is 0 Å². The lowest BCUT2D eigenvalue weighted by Crippen LogP contribution is -2.48. The molecule has 0 unspecified atom stereocenters. The van der Waals surface area contributed by atoms with Crippen molar-refractivity contribution in [2.75, 3.05) is 6.54 Å². The lowest BCUT2D eigenvalue weighted by molar-refractivity contribution is 0.0132. The molecule has 1 aromatic heterocycles. The molecule has 6 nitrogen and oxygen atoms in total. The number of hydrogen-bond donors (Lipinski definition) is 1. The first-order valence-electron chi connectivity index (χ1n) is 6.65. The lowest BCUT2D eigenvalue weighted by Gasteiger charge is -2.27. The van der Waals surface area contributed by atoms with E-state index in [2.05, 4.69) is 10.4 Å². The van der Waals surface area contributed by atoms with E-state index in [1.807, 2.05) is 6.92 Å². The van der Waals surface area contributed by atoms with Crippen LogP contribution in [0.25, 0.3) is 0 Å². The molecule has 0 fully saturated rings. The number of halogens is 1. The molecular formula is C14H20FN3O3. The fraction of sp³-hybridized carbons (Fsp3) is 0.500. The smallest absolute Gasteiger partial charge is 0.429 e. The van der Waals surface area contributed by atoms with E-state index in [9.17, 15) is 14.0 Å². The van der Waals surface area contributed by atoms with E-state index in [1.165, 1.54) is 12.3 Å². The van der Waals surface area contributed by atoms with Gasteiger partial charge >= 0.3 is 6.09 Å². The summed E-state index contributed by atoms with van der Waals surface area (Å²) in [7, 11) is 0. The molecule has 1 aromatic rings. The molecule has 1 heterocycles. The van der Waals surface area contributed by atoms with Crippen molar-refractivity contribution < 1.29 is 18.7 Å². The average molecular weight is 297 g/mol. The maximum absolute atomic E-state index is 13.5. The van der Waals surface area contributed by atoms with Crippen LogP contribution in [0.2, 0.25) is 0 Å². The zero-order chi connectivity index (χ0) is 16.0. The third kappa shape index (κ3) is 5.37. The molecule has 0 aliphatic heterocycles. The Hall–Kier alpha value is -2.18. The molecule has 21 heavy (non-hydrogen) atoms. The van der Waals surface area contributed by atoms with Crippen LogP contribution in [0.1, 0.15) is 44.5 Å². The number of aromatic nitrogens is 1. The van der Waals surface area contributed by atoms with Crippen LogP contribution in [0.5, 0.6) is 0 Å². The molecule has 7 heteroatoms. The summed E-state index contributed by atoms with van der Waals surface area (Å²) in [6.07, 6.45) is 2.16. The van der Waals surface area contributed by atoms with Crippen molar-refractivity contribution >= 4 is 12.0 Å². The van der Waals surface area contributed by atoms with Crippen LogP contribution in [-0.2, 0) is 4.74 Å². The average Bonchev–Trinajstić information content (AvgIpc) is 2.36. The second-order valence-corrected chi connectivity index (χ2v) is 5.43. The van der Waals surface area contributed by atoms with Crippen LogP contribution in [0.3, 0.4) is 0 Å². The maximum atomic E-state index is 13.5. The fourth-order valence-corrected chi connectivity index (χ4v) is 1.48. The van der Waals surface area contributed by atoms with Crippen molar-refractivity contribution in [3.05, 3.63) is 29.8 Å². The summed E-state index contributed by atoms with van der Waals surface area (Å²) < 4.78 is 18.7. The molecule has 2 amide bonds. The Bertz CT molecular complexity index is 514. The molecule has 0 saturated carbocycles. The van der Waals surface area contributed by atoms with Gasteiger partial charge in [-0.15, -0.1) is 0 Å². The molecule has 1 N–H and O–H groups in total. The molecule has 0 radical (unpaired) electrons. The molecule has 0 aliphatic carbocycles. The van der Waals surface area contributed by atoms with E-state index < -0.39 is 23.4 Å². The summed E-state index contributed by atoms with van der Waals surface area (Å²) in [6, 6.07) is 1.24. The molecule has 0 spiro atoms. The van der Waals surface area contributed by atoms with Crippen molar-refractivity contribution in [3.63, 3.8) is 0 Å². The van der Waals surface area contributed by atoms with Crippen LogP contribution < -0.4 is 5.43 Å². The minimum atomic E-state index is -0.754. The minimum Gasteiger partial charge on any atom is -0.442 e. The van der Waals surface area contributed by atoms with Gasteiger partial charge in [0.1, 0.15) is 5.60 Å². The van der Waals surface area contributed by atoms with Gasteiger partial charge in [0.15, 0.2) is 5.82 Å². The minimum absolute atomic E-state index is 0.185. The quantitative estimate of drug-likeness (QED) is 0.870. The first-order chi connectivity index (χ1) is 9.74. The number of ether oxygens (including phenoxy) is 1. The molecule has 0 atom stereocenters. The Morgan fingerprint density at radius 2 is 2.10 bits per heavy atom. The molecule has 0 aliphatic rings. The van der Waals surface area contributed by atoms with Gasteiger partial charge in [0.25, 0.3) is 5.91 Å². The van der Waals surface area contributed by atoms with E-state index >= 15 is 0 Å². The third-order valence-corrected chi connectivity index (χ3v) is 2.31. The molecule has 0 saturated heterocycles. The summed E-state index contributed by atoms with van der Waals surface area (Å²) in [4.78, 5) is 27.5. The van der Waals surface area contributed by atoms with Crippen LogP contribution in [-0.4, -0.2) is 34.1 Å². The molecule has 0 bridgehead atoms. The number of carbonyl (C=O) groups excluding carboxylic acids is 2. The van der Waals surface area contributed by atoms with Crippen molar-refractivity contribution in [2.24, 2.45) is 0 Å². The molecule has 116 valence electrons. The van der Waals surface area contributed by atoms with E-state index in [0.717, 1.165) is 11.2 Å². The van der Waals surface area contributed by atoms with E-state index in [-0.39, 0.29) is 12.1 Å². The van der Waals surface area contributed by atoms with Crippen LogP contribution in [0, 0.1) is 5.82 Å². The summed E-state index contributed by atoms with van der Waals surface area (Å²) in [5.74, 6) is -1.48. The highest BCUT2D eigenvalue weighted by Crippen LogP contribution is 2.10. The van der Waals surface area contributed by atoms with Crippen LogP contribution >= 0.6 is 0 Å². The third-order valence-electron chi connectivity index (χ3n) is 2.31. The van der Waals surface area contributed by atoms with E-state index in [4.69, 9.17) is 4.74 Å². The highest BCUT2D eigenvalue weighted by Gasteiger charge is 2.24. The number of pyridine rings is 1. The number of nitrogens with one attached hydrogen (secondary N) is 1. The van der Waals surface area contributed by atoms with Gasteiger partial charge < -0.3 is 4.74 Å². The maximum Gasteiger partial charge on any atom is 0.429 e. The molecule has 0 aromatic carbocycles. The van der Waals surface area contributed by atoms with Gasteiger partial charge in [-0.05, 0) is 33.3 Å². The summed E-state index contributed by atoms with van der Waals surface area (Å²) in [5, 5.41) is 1.04. The monoisotopic (exact) mass is 297 g/mol. The Morgan fingerprint density at radius 1 is 1.43 bits per heavy atom. The number of nitrogens with zero attached hydrogens (tertiary/aromatic N) is 2. The van der Waals surface area contributed by atoms with Crippen molar-refractivity contribution in [1.82, 2.24) is 15.4 Å². The highest BCUT2D eigenvalue weighted by molar-refractivity contribution is 5.95. The predicted molar refractivity (Wildman–Crippen MR) is 74.9 cm³/mol. The topological polar surface area (TPSA) is 71.5 Å². The Labute approximate surface area is 123 Å². The summed E-state index contributed by atoms with van der Waals surface area (Å²) in [5.41, 5.74) is 1.48. The van der Waals surface area contributed by atoms with Gasteiger partial charge in [0, 0.05) is 12.7 Å². The number of hydrogen-bond acceptors (Lipinski definition) is 4. The first-order valence-corrected chi connectivity index (χ1v) is 6.65. The number of rotatable bonds is 3. The van der Waals surface area contributed by atoms with Crippen LogP contribution in [0.15, 0.2) is 18.5 Å². The standard InChI is InChI=1S/C14H20FN3O3/c1-5-8-18(13(20)21-14(2,3)4)17-12(19)10-6-7-16-9-11(10)15/h6-7,9H,5,8H2,1-4H3,(H,17,19). The van der Waals surface area contributed by atoms with E-state index in [0.29, 0.717) is 6.42 Å². The van der Waals surface area contributed by atoms with Crippen LogP contribution in [0.4, 0.5) is 9.18 Å². The number of carbonyl (C=O) groups is 2. The highest BCUT2D eigenvalue weighted by atomic mass is 19.1. The Kier molecular flexibility index (Phi) is 5.63. The van der Waals surface area contributed by atoms with Gasteiger partial charge in [-0.3, -0.25) is 15.2 Å². The van der Waals surface area contributed by atoms with Crippen molar-refractivity contribution in [3.8, 4) is 0 Å².